The lowest BCUT2D eigenvalue weighted by molar-refractivity contribution is 0.0931. The standard InChI is InChI=1S/C13H28F2N2/c1-11(2)6-7-12(3)17(5)9-8-16(4)10-13(14)15/h11-13H,6-10H2,1-5H3. The highest BCUT2D eigenvalue weighted by atomic mass is 19.3. The van der Waals surface area contributed by atoms with Crippen molar-refractivity contribution in [1.82, 2.24) is 9.80 Å². The van der Waals surface area contributed by atoms with E-state index in [-0.39, 0.29) is 6.54 Å². The Bertz CT molecular complexity index is 186. The van der Waals surface area contributed by atoms with Crippen molar-refractivity contribution in [2.75, 3.05) is 33.7 Å². The van der Waals surface area contributed by atoms with Gasteiger partial charge in [0.15, 0.2) is 0 Å². The van der Waals surface area contributed by atoms with Crippen LogP contribution >= 0.6 is 0 Å². The fourth-order valence-corrected chi connectivity index (χ4v) is 1.67. The van der Waals surface area contributed by atoms with Crippen molar-refractivity contribution in [2.45, 2.75) is 46.1 Å². The number of hydrogen-bond acceptors (Lipinski definition) is 2. The zero-order valence-electron chi connectivity index (χ0n) is 11.9. The Kier molecular flexibility index (Phi) is 8.70. The summed E-state index contributed by atoms with van der Waals surface area (Å²) in [6.07, 6.45) is 0.161. The molecule has 0 N–H and O–H groups in total. The third-order valence-electron chi connectivity index (χ3n) is 3.20. The van der Waals surface area contributed by atoms with Crippen molar-refractivity contribution in [2.24, 2.45) is 5.92 Å². The molecule has 0 amide bonds. The van der Waals surface area contributed by atoms with Crippen molar-refractivity contribution >= 4 is 0 Å². The van der Waals surface area contributed by atoms with Crippen LogP contribution in [0.25, 0.3) is 0 Å². The van der Waals surface area contributed by atoms with E-state index in [1.54, 1.807) is 11.9 Å². The Morgan fingerprint density at radius 3 is 2.00 bits per heavy atom. The van der Waals surface area contributed by atoms with E-state index in [4.69, 9.17) is 0 Å². The summed E-state index contributed by atoms with van der Waals surface area (Å²) in [6.45, 7) is 8.07. The minimum absolute atomic E-state index is 0.131. The zero-order chi connectivity index (χ0) is 13.4. The lowest BCUT2D eigenvalue weighted by atomic mass is 10.0. The largest absolute Gasteiger partial charge is 0.302 e. The van der Waals surface area contributed by atoms with Crippen LogP contribution in [-0.4, -0.2) is 56.0 Å². The maximum Gasteiger partial charge on any atom is 0.251 e. The number of alkyl halides is 2. The SMILES string of the molecule is CC(C)CCC(C)N(C)CCN(C)CC(F)F. The van der Waals surface area contributed by atoms with Gasteiger partial charge in [0.2, 0.25) is 0 Å². The summed E-state index contributed by atoms with van der Waals surface area (Å²) < 4.78 is 24.2. The predicted molar refractivity (Wildman–Crippen MR) is 69.7 cm³/mol. The summed E-state index contributed by atoms with van der Waals surface area (Å²) in [4.78, 5) is 3.95. The van der Waals surface area contributed by atoms with Gasteiger partial charge >= 0.3 is 0 Å². The first-order valence-electron chi connectivity index (χ1n) is 6.49. The molecule has 104 valence electrons. The molecule has 0 saturated carbocycles. The molecule has 0 bridgehead atoms. The molecule has 0 saturated heterocycles. The highest BCUT2D eigenvalue weighted by Crippen LogP contribution is 2.10. The van der Waals surface area contributed by atoms with Crippen molar-refractivity contribution < 1.29 is 8.78 Å². The second-order valence-corrected chi connectivity index (χ2v) is 5.45. The molecule has 2 nitrogen and oxygen atoms in total. The summed E-state index contributed by atoms with van der Waals surface area (Å²) in [5.74, 6) is 0.729. The number of likely N-dealkylation sites (N-methyl/N-ethyl adjacent to an activating group) is 2. The Morgan fingerprint density at radius 2 is 1.53 bits per heavy atom. The maximum absolute atomic E-state index is 12.1. The molecule has 0 rings (SSSR count). The van der Waals surface area contributed by atoms with Crippen molar-refractivity contribution in [3.05, 3.63) is 0 Å². The second kappa shape index (κ2) is 8.81. The molecule has 0 heterocycles. The highest BCUT2D eigenvalue weighted by molar-refractivity contribution is 4.66. The van der Waals surface area contributed by atoms with E-state index < -0.39 is 6.43 Å². The fourth-order valence-electron chi connectivity index (χ4n) is 1.67. The molecule has 4 heteroatoms. The Morgan fingerprint density at radius 1 is 0.941 bits per heavy atom. The Hall–Kier alpha value is -0.220. The molecule has 0 aliphatic heterocycles. The van der Waals surface area contributed by atoms with Crippen LogP contribution in [0, 0.1) is 5.92 Å². The van der Waals surface area contributed by atoms with Crippen LogP contribution in [0.2, 0.25) is 0 Å². The topological polar surface area (TPSA) is 6.48 Å². The predicted octanol–water partition coefficient (Wildman–Crippen LogP) is 2.94. The normalized spacial score (nSPS) is 14.3. The van der Waals surface area contributed by atoms with Gasteiger partial charge in [0.1, 0.15) is 0 Å². The number of nitrogens with zero attached hydrogens (tertiary/aromatic N) is 2. The molecule has 17 heavy (non-hydrogen) atoms. The van der Waals surface area contributed by atoms with E-state index in [1.807, 2.05) is 0 Å². The minimum atomic E-state index is -2.23. The smallest absolute Gasteiger partial charge is 0.251 e. The van der Waals surface area contributed by atoms with Gasteiger partial charge in [0.05, 0.1) is 6.54 Å². The molecule has 0 spiro atoms. The van der Waals surface area contributed by atoms with Crippen LogP contribution in [0.15, 0.2) is 0 Å². The summed E-state index contributed by atoms with van der Waals surface area (Å²) >= 11 is 0. The Balaban J connectivity index is 3.72. The number of rotatable bonds is 9. The second-order valence-electron chi connectivity index (χ2n) is 5.45. The van der Waals surface area contributed by atoms with Gasteiger partial charge in [0.25, 0.3) is 6.43 Å². The van der Waals surface area contributed by atoms with Gasteiger partial charge in [0, 0.05) is 19.1 Å². The number of hydrogen-bond donors (Lipinski definition) is 0. The molecule has 0 aliphatic carbocycles. The lowest BCUT2D eigenvalue weighted by Crippen LogP contribution is -2.37. The van der Waals surface area contributed by atoms with Gasteiger partial charge < -0.3 is 4.90 Å². The van der Waals surface area contributed by atoms with Crippen LogP contribution in [0.4, 0.5) is 8.78 Å². The van der Waals surface area contributed by atoms with Gasteiger partial charge in [-0.15, -0.1) is 0 Å². The van der Waals surface area contributed by atoms with E-state index in [2.05, 4.69) is 32.7 Å². The summed E-state index contributed by atoms with van der Waals surface area (Å²) in [6, 6.07) is 0.525. The first-order valence-corrected chi connectivity index (χ1v) is 6.49. The van der Waals surface area contributed by atoms with E-state index in [0.29, 0.717) is 12.6 Å². The molecule has 0 radical (unpaired) electrons. The summed E-state index contributed by atoms with van der Waals surface area (Å²) in [5, 5.41) is 0. The van der Waals surface area contributed by atoms with Crippen LogP contribution in [0.1, 0.15) is 33.6 Å². The third-order valence-corrected chi connectivity index (χ3v) is 3.20. The first-order chi connectivity index (χ1) is 7.82. The quantitative estimate of drug-likeness (QED) is 0.621. The molecular weight excluding hydrogens is 222 g/mol. The van der Waals surface area contributed by atoms with Crippen LogP contribution in [0.5, 0.6) is 0 Å². The third kappa shape index (κ3) is 9.48. The van der Waals surface area contributed by atoms with Gasteiger partial charge in [-0.1, -0.05) is 13.8 Å². The molecule has 0 fully saturated rings. The molecule has 0 aromatic carbocycles. The number of halogens is 2. The average molecular weight is 250 g/mol. The van der Waals surface area contributed by atoms with Crippen LogP contribution in [-0.2, 0) is 0 Å². The van der Waals surface area contributed by atoms with Crippen molar-refractivity contribution in [3.63, 3.8) is 0 Å². The first kappa shape index (κ1) is 16.8. The molecule has 1 unspecified atom stereocenters. The minimum Gasteiger partial charge on any atom is -0.302 e. The van der Waals surface area contributed by atoms with E-state index >= 15 is 0 Å². The highest BCUT2D eigenvalue weighted by Gasteiger charge is 2.12. The van der Waals surface area contributed by atoms with Crippen molar-refractivity contribution in [1.29, 1.82) is 0 Å². The van der Waals surface area contributed by atoms with E-state index in [9.17, 15) is 8.78 Å². The van der Waals surface area contributed by atoms with Gasteiger partial charge in [-0.3, -0.25) is 4.90 Å². The van der Waals surface area contributed by atoms with E-state index in [0.717, 1.165) is 12.5 Å². The summed E-state index contributed by atoms with van der Waals surface area (Å²) in [5.41, 5.74) is 0. The molecule has 0 aromatic heterocycles. The molecular formula is C13H28F2N2. The monoisotopic (exact) mass is 250 g/mol. The zero-order valence-corrected chi connectivity index (χ0v) is 11.9. The van der Waals surface area contributed by atoms with Crippen molar-refractivity contribution in [3.8, 4) is 0 Å². The molecule has 1 atom stereocenters. The van der Waals surface area contributed by atoms with E-state index in [1.165, 1.54) is 12.8 Å². The van der Waals surface area contributed by atoms with Gasteiger partial charge in [-0.25, -0.2) is 8.78 Å². The maximum atomic E-state index is 12.1. The Labute approximate surface area is 105 Å². The molecule has 0 aromatic rings. The van der Waals surface area contributed by atoms with Gasteiger partial charge in [-0.05, 0) is 39.8 Å². The fraction of sp³-hybridized carbons (Fsp3) is 1.00. The lowest BCUT2D eigenvalue weighted by Gasteiger charge is -2.27. The van der Waals surface area contributed by atoms with Crippen LogP contribution < -0.4 is 0 Å². The van der Waals surface area contributed by atoms with Gasteiger partial charge in [-0.2, -0.15) is 0 Å². The molecule has 0 aliphatic rings. The average Bonchev–Trinajstić information content (AvgIpc) is 2.21. The van der Waals surface area contributed by atoms with Crippen LogP contribution in [0.3, 0.4) is 0 Å². The summed E-state index contributed by atoms with van der Waals surface area (Å²) in [7, 11) is 3.82.